The van der Waals surface area contributed by atoms with Crippen LogP contribution in [-0.2, 0) is 0 Å². The Bertz CT molecular complexity index is 823. The molecule has 2 aromatic carbocycles. The van der Waals surface area contributed by atoms with Crippen molar-refractivity contribution in [1.82, 2.24) is 10.1 Å². The van der Waals surface area contributed by atoms with Gasteiger partial charge in [-0.3, -0.25) is 0 Å². The Kier molecular flexibility index (Phi) is 4.24. The first kappa shape index (κ1) is 14.8. The Morgan fingerprint density at radius 3 is 2.59 bits per heavy atom. The second kappa shape index (κ2) is 6.31. The van der Waals surface area contributed by atoms with Crippen molar-refractivity contribution in [3.05, 3.63) is 63.1 Å². The molecule has 0 bridgehead atoms. The maximum Gasteiger partial charge on any atom is 0.250 e. The molecule has 3 rings (SSSR count). The number of phenols is 1. The number of halogens is 1. The molecule has 0 aliphatic heterocycles. The number of hydrogen-bond acceptors (Lipinski definition) is 4. The predicted octanol–water partition coefficient (Wildman–Crippen LogP) is 4.53. The summed E-state index contributed by atoms with van der Waals surface area (Å²) in [6.07, 6.45) is 3.71. The standard InChI is InChI=1S/C17H13IN2O2/c1-11-2-4-12(5-3-11)6-9-16-19-17(20-22-16)13-7-8-15(21)14(18)10-13/h2-10,21H,1H3/b9-6+. The van der Waals surface area contributed by atoms with Gasteiger partial charge in [-0.1, -0.05) is 35.0 Å². The third kappa shape index (κ3) is 3.36. The lowest BCUT2D eigenvalue weighted by Crippen LogP contribution is -1.82. The highest BCUT2D eigenvalue weighted by atomic mass is 127. The zero-order valence-electron chi connectivity index (χ0n) is 11.8. The smallest absolute Gasteiger partial charge is 0.250 e. The molecule has 0 spiro atoms. The number of phenolic OH excluding ortho intramolecular Hbond substituents is 1. The molecule has 0 atom stereocenters. The second-order valence-corrected chi connectivity index (χ2v) is 6.03. The van der Waals surface area contributed by atoms with Gasteiger partial charge in [0.2, 0.25) is 5.82 Å². The maximum atomic E-state index is 9.54. The first-order chi connectivity index (χ1) is 10.6. The van der Waals surface area contributed by atoms with Gasteiger partial charge in [0.1, 0.15) is 5.75 Å². The quantitative estimate of drug-likeness (QED) is 0.652. The van der Waals surface area contributed by atoms with Crippen LogP contribution in [0.5, 0.6) is 5.75 Å². The average molecular weight is 404 g/mol. The number of benzene rings is 2. The van der Waals surface area contributed by atoms with Gasteiger partial charge in [0, 0.05) is 11.6 Å². The van der Waals surface area contributed by atoms with E-state index < -0.39 is 0 Å². The molecule has 5 heteroatoms. The number of nitrogens with zero attached hydrogens (tertiary/aromatic N) is 2. The van der Waals surface area contributed by atoms with E-state index in [1.54, 1.807) is 18.2 Å². The minimum absolute atomic E-state index is 0.243. The molecule has 0 saturated heterocycles. The van der Waals surface area contributed by atoms with Crippen LogP contribution in [0, 0.1) is 10.5 Å². The van der Waals surface area contributed by atoms with Gasteiger partial charge in [0.25, 0.3) is 5.89 Å². The van der Waals surface area contributed by atoms with Crippen molar-refractivity contribution < 1.29 is 9.63 Å². The predicted molar refractivity (Wildman–Crippen MR) is 94.2 cm³/mol. The second-order valence-electron chi connectivity index (χ2n) is 4.87. The molecule has 0 saturated carbocycles. The van der Waals surface area contributed by atoms with E-state index in [9.17, 15) is 5.11 Å². The summed E-state index contributed by atoms with van der Waals surface area (Å²) in [5.41, 5.74) is 3.10. The molecule has 4 nitrogen and oxygen atoms in total. The van der Waals surface area contributed by atoms with Crippen molar-refractivity contribution in [2.75, 3.05) is 0 Å². The van der Waals surface area contributed by atoms with Crippen molar-refractivity contribution in [3.8, 4) is 17.1 Å². The van der Waals surface area contributed by atoms with E-state index >= 15 is 0 Å². The number of rotatable bonds is 3. The highest BCUT2D eigenvalue weighted by Crippen LogP contribution is 2.25. The number of aromatic hydroxyl groups is 1. The van der Waals surface area contributed by atoms with Crippen LogP contribution in [0.2, 0.25) is 0 Å². The fourth-order valence-corrected chi connectivity index (χ4v) is 2.43. The molecule has 3 aromatic rings. The van der Waals surface area contributed by atoms with E-state index in [0.717, 1.165) is 14.7 Å². The third-order valence-corrected chi connectivity index (χ3v) is 4.01. The van der Waals surface area contributed by atoms with Crippen LogP contribution in [0.4, 0.5) is 0 Å². The fraction of sp³-hybridized carbons (Fsp3) is 0.0588. The first-order valence-electron chi connectivity index (χ1n) is 6.69. The van der Waals surface area contributed by atoms with E-state index in [1.165, 1.54) is 5.56 Å². The SMILES string of the molecule is Cc1ccc(/C=C/c2nc(-c3ccc(O)c(I)c3)no2)cc1. The number of hydrogen-bond donors (Lipinski definition) is 1. The van der Waals surface area contributed by atoms with Crippen molar-refractivity contribution in [2.45, 2.75) is 6.92 Å². The summed E-state index contributed by atoms with van der Waals surface area (Å²) in [7, 11) is 0. The molecule has 0 radical (unpaired) electrons. The summed E-state index contributed by atoms with van der Waals surface area (Å²) in [6.45, 7) is 2.05. The van der Waals surface area contributed by atoms with Crippen molar-refractivity contribution >= 4 is 34.7 Å². The van der Waals surface area contributed by atoms with Gasteiger partial charge in [0.05, 0.1) is 3.57 Å². The molecular weight excluding hydrogens is 391 g/mol. The maximum absolute atomic E-state index is 9.54. The Morgan fingerprint density at radius 2 is 1.86 bits per heavy atom. The van der Waals surface area contributed by atoms with Crippen molar-refractivity contribution in [2.24, 2.45) is 0 Å². The minimum Gasteiger partial charge on any atom is -0.507 e. The summed E-state index contributed by atoms with van der Waals surface area (Å²) < 4.78 is 5.97. The van der Waals surface area contributed by atoms with Gasteiger partial charge < -0.3 is 9.63 Å². The van der Waals surface area contributed by atoms with Gasteiger partial charge >= 0.3 is 0 Å². The minimum atomic E-state index is 0.243. The van der Waals surface area contributed by atoms with E-state index in [0.29, 0.717) is 11.7 Å². The van der Waals surface area contributed by atoms with Gasteiger partial charge in [0.15, 0.2) is 0 Å². The fourth-order valence-electron chi connectivity index (χ4n) is 1.91. The summed E-state index contributed by atoms with van der Waals surface area (Å²) in [6, 6.07) is 13.4. The van der Waals surface area contributed by atoms with Gasteiger partial charge in [-0.25, -0.2) is 0 Å². The molecule has 1 heterocycles. The van der Waals surface area contributed by atoms with Crippen molar-refractivity contribution in [3.63, 3.8) is 0 Å². The van der Waals surface area contributed by atoms with Crippen LogP contribution in [0.1, 0.15) is 17.0 Å². The third-order valence-electron chi connectivity index (χ3n) is 3.14. The Morgan fingerprint density at radius 1 is 1.09 bits per heavy atom. The van der Waals surface area contributed by atoms with Gasteiger partial charge in [-0.05, 0) is 59.4 Å². The van der Waals surface area contributed by atoms with E-state index in [2.05, 4.69) is 51.8 Å². The summed E-state index contributed by atoms with van der Waals surface area (Å²) in [5.74, 6) is 1.19. The first-order valence-corrected chi connectivity index (χ1v) is 7.77. The Balaban J connectivity index is 1.81. The molecule has 0 unspecified atom stereocenters. The summed E-state index contributed by atoms with van der Waals surface area (Å²) in [5, 5.41) is 13.5. The zero-order chi connectivity index (χ0) is 15.5. The molecule has 0 fully saturated rings. The molecule has 1 aromatic heterocycles. The van der Waals surface area contributed by atoms with Crippen LogP contribution >= 0.6 is 22.6 Å². The molecule has 0 amide bonds. The monoisotopic (exact) mass is 404 g/mol. The summed E-state index contributed by atoms with van der Waals surface area (Å²) >= 11 is 2.06. The van der Waals surface area contributed by atoms with Crippen LogP contribution in [-0.4, -0.2) is 15.2 Å². The van der Waals surface area contributed by atoms with Gasteiger partial charge in [-0.2, -0.15) is 4.98 Å². The van der Waals surface area contributed by atoms with Crippen LogP contribution < -0.4 is 0 Å². The molecule has 1 N–H and O–H groups in total. The molecule has 22 heavy (non-hydrogen) atoms. The highest BCUT2D eigenvalue weighted by Gasteiger charge is 2.08. The average Bonchev–Trinajstić information content (AvgIpc) is 2.98. The molecule has 0 aliphatic rings. The molecule has 0 aliphatic carbocycles. The highest BCUT2D eigenvalue weighted by molar-refractivity contribution is 14.1. The van der Waals surface area contributed by atoms with Crippen LogP contribution in [0.15, 0.2) is 47.0 Å². The lowest BCUT2D eigenvalue weighted by Gasteiger charge is -1.98. The van der Waals surface area contributed by atoms with Crippen LogP contribution in [0.3, 0.4) is 0 Å². The molecular formula is C17H13IN2O2. The normalized spacial score (nSPS) is 11.2. The number of aromatic nitrogens is 2. The topological polar surface area (TPSA) is 59.2 Å². The van der Waals surface area contributed by atoms with Crippen molar-refractivity contribution in [1.29, 1.82) is 0 Å². The van der Waals surface area contributed by atoms with E-state index in [-0.39, 0.29) is 5.75 Å². The Labute approximate surface area is 141 Å². The zero-order valence-corrected chi connectivity index (χ0v) is 14.0. The lowest BCUT2D eigenvalue weighted by molar-refractivity contribution is 0.411. The number of aryl methyl sites for hydroxylation is 1. The van der Waals surface area contributed by atoms with Gasteiger partial charge in [-0.15, -0.1) is 0 Å². The van der Waals surface area contributed by atoms with E-state index in [1.807, 2.05) is 24.3 Å². The summed E-state index contributed by atoms with van der Waals surface area (Å²) in [4.78, 5) is 4.33. The Hall–Kier alpha value is -2.15. The lowest BCUT2D eigenvalue weighted by atomic mass is 10.1. The van der Waals surface area contributed by atoms with E-state index in [4.69, 9.17) is 4.52 Å². The largest absolute Gasteiger partial charge is 0.507 e. The molecule has 110 valence electrons. The van der Waals surface area contributed by atoms with Crippen LogP contribution in [0.25, 0.3) is 23.5 Å².